The van der Waals surface area contributed by atoms with Gasteiger partial charge in [0.15, 0.2) is 0 Å². The lowest BCUT2D eigenvalue weighted by molar-refractivity contribution is -0.117. The molecule has 6 nitrogen and oxygen atoms in total. The van der Waals surface area contributed by atoms with Crippen molar-refractivity contribution in [3.05, 3.63) is 96.3 Å². The fraction of sp³-hybridized carbons (Fsp3) is 0.185. The van der Waals surface area contributed by atoms with Gasteiger partial charge in [-0.15, -0.1) is 0 Å². The van der Waals surface area contributed by atoms with Gasteiger partial charge < -0.3 is 9.80 Å². The number of rotatable bonds is 3. The third-order valence-corrected chi connectivity index (χ3v) is 6.19. The zero-order chi connectivity index (χ0) is 22.9. The Morgan fingerprint density at radius 3 is 2.42 bits per heavy atom. The summed E-state index contributed by atoms with van der Waals surface area (Å²) in [6, 6.07) is 22.7. The monoisotopic (exact) mass is 436 g/mol. The highest BCUT2D eigenvalue weighted by atomic mass is 16.2. The van der Waals surface area contributed by atoms with Gasteiger partial charge >= 0.3 is 0 Å². The maximum Gasteiger partial charge on any atom is 0.260 e. The van der Waals surface area contributed by atoms with Crippen LogP contribution >= 0.6 is 0 Å². The number of aromatic nitrogens is 2. The van der Waals surface area contributed by atoms with Crippen molar-refractivity contribution in [1.29, 1.82) is 0 Å². The van der Waals surface area contributed by atoms with Crippen LogP contribution in [0.15, 0.2) is 85.2 Å². The van der Waals surface area contributed by atoms with E-state index in [9.17, 15) is 9.59 Å². The third kappa shape index (κ3) is 3.63. The van der Waals surface area contributed by atoms with E-state index in [1.54, 1.807) is 25.4 Å². The van der Waals surface area contributed by atoms with Gasteiger partial charge in [0.2, 0.25) is 5.91 Å². The van der Waals surface area contributed by atoms with Crippen LogP contribution in [0.4, 0.5) is 11.4 Å². The Morgan fingerprint density at radius 1 is 0.909 bits per heavy atom. The molecule has 4 aromatic rings. The molecule has 2 atom stereocenters. The zero-order valence-corrected chi connectivity index (χ0v) is 18.6. The van der Waals surface area contributed by atoms with E-state index in [2.05, 4.69) is 9.97 Å². The molecular formula is C27H24N4O2. The third-order valence-electron chi connectivity index (χ3n) is 6.19. The molecule has 2 heterocycles. The highest BCUT2D eigenvalue weighted by molar-refractivity contribution is 6.13. The highest BCUT2D eigenvalue weighted by Gasteiger charge is 2.38. The van der Waals surface area contributed by atoms with Crippen molar-refractivity contribution in [2.45, 2.75) is 32.4 Å². The molecular weight excluding hydrogens is 412 g/mol. The molecule has 0 fully saturated rings. The van der Waals surface area contributed by atoms with Crippen molar-refractivity contribution in [2.75, 3.05) is 9.80 Å². The minimum absolute atomic E-state index is 0.0303. The molecule has 0 N–H and O–H groups in total. The van der Waals surface area contributed by atoms with E-state index in [4.69, 9.17) is 0 Å². The summed E-state index contributed by atoms with van der Waals surface area (Å²) in [5.41, 5.74) is 4.41. The molecule has 1 aromatic heterocycles. The molecule has 0 saturated carbocycles. The molecule has 5 rings (SSSR count). The molecule has 164 valence electrons. The molecule has 2 amide bonds. The first-order chi connectivity index (χ1) is 16.1. The Hall–Kier alpha value is -4.06. The first kappa shape index (κ1) is 20.8. The lowest BCUT2D eigenvalue weighted by Crippen LogP contribution is -2.47. The first-order valence-corrected chi connectivity index (χ1v) is 11.0. The maximum atomic E-state index is 13.8. The molecule has 0 bridgehead atoms. The number of nitrogens with zero attached hydrogens (tertiary/aromatic N) is 4. The van der Waals surface area contributed by atoms with E-state index >= 15 is 0 Å². The molecule has 6 heteroatoms. The van der Waals surface area contributed by atoms with Crippen LogP contribution in [-0.2, 0) is 4.79 Å². The Balaban J connectivity index is 1.61. The number of hydrogen-bond donors (Lipinski definition) is 0. The van der Waals surface area contributed by atoms with Gasteiger partial charge in [-0.1, -0.05) is 42.5 Å². The second kappa shape index (κ2) is 8.47. The van der Waals surface area contributed by atoms with Crippen molar-refractivity contribution in [1.82, 2.24) is 9.97 Å². The molecule has 0 saturated heterocycles. The fourth-order valence-corrected chi connectivity index (χ4v) is 4.80. The standard InChI is InChI=1S/C27H24N4O2/c1-18-17-25(31(19(2)32)20-9-4-3-5-10-20)21-11-6-7-14-24(21)30(18)27(33)22-12-8-13-23-26(22)29-16-15-28-23/h3-16,18,25H,17H2,1-2H3/t18-,25+/m0/s1. The molecule has 1 aliphatic heterocycles. The number of carbonyl (C=O) groups excluding carboxylic acids is 2. The van der Waals surface area contributed by atoms with Gasteiger partial charge in [0, 0.05) is 36.7 Å². The summed E-state index contributed by atoms with van der Waals surface area (Å²) < 4.78 is 0. The minimum atomic E-state index is -0.174. The van der Waals surface area contributed by atoms with Crippen LogP contribution in [0.2, 0.25) is 0 Å². The Morgan fingerprint density at radius 2 is 1.64 bits per heavy atom. The molecule has 0 spiro atoms. The molecule has 33 heavy (non-hydrogen) atoms. The Labute approximate surface area is 192 Å². The number of hydrogen-bond acceptors (Lipinski definition) is 4. The van der Waals surface area contributed by atoms with Crippen LogP contribution in [0.25, 0.3) is 11.0 Å². The van der Waals surface area contributed by atoms with Gasteiger partial charge in [-0.05, 0) is 49.2 Å². The van der Waals surface area contributed by atoms with Crippen molar-refractivity contribution >= 4 is 34.2 Å². The first-order valence-electron chi connectivity index (χ1n) is 11.0. The SMILES string of the molecule is CC(=O)N(c1ccccc1)[C@@H]1C[C@H](C)N(C(=O)c2cccc3nccnc23)c2ccccc21. The molecule has 0 aliphatic carbocycles. The van der Waals surface area contributed by atoms with Crippen LogP contribution in [-0.4, -0.2) is 27.8 Å². The number of fused-ring (bicyclic) bond motifs is 2. The van der Waals surface area contributed by atoms with Crippen molar-refractivity contribution in [3.8, 4) is 0 Å². The van der Waals surface area contributed by atoms with E-state index in [0.29, 0.717) is 23.0 Å². The van der Waals surface area contributed by atoms with E-state index in [1.807, 2.05) is 83.5 Å². The van der Waals surface area contributed by atoms with Gasteiger partial charge in [0.05, 0.1) is 17.1 Å². The van der Waals surface area contributed by atoms with Crippen LogP contribution in [0, 0.1) is 0 Å². The van der Waals surface area contributed by atoms with Crippen LogP contribution in [0.3, 0.4) is 0 Å². The van der Waals surface area contributed by atoms with Gasteiger partial charge in [-0.2, -0.15) is 0 Å². The smallest absolute Gasteiger partial charge is 0.260 e. The summed E-state index contributed by atoms with van der Waals surface area (Å²) in [5, 5.41) is 0. The number of anilines is 2. The van der Waals surface area contributed by atoms with Gasteiger partial charge in [0.25, 0.3) is 5.91 Å². The van der Waals surface area contributed by atoms with Crippen molar-refractivity contribution in [3.63, 3.8) is 0 Å². The van der Waals surface area contributed by atoms with Crippen LogP contribution in [0.5, 0.6) is 0 Å². The number of amides is 2. The van der Waals surface area contributed by atoms with Crippen molar-refractivity contribution in [2.24, 2.45) is 0 Å². The van der Waals surface area contributed by atoms with Gasteiger partial charge in [0.1, 0.15) is 5.52 Å². The predicted molar refractivity (Wildman–Crippen MR) is 129 cm³/mol. The number of carbonyl (C=O) groups is 2. The molecule has 0 radical (unpaired) electrons. The summed E-state index contributed by atoms with van der Waals surface area (Å²) in [5.74, 6) is -0.147. The average Bonchev–Trinajstić information content (AvgIpc) is 2.84. The summed E-state index contributed by atoms with van der Waals surface area (Å²) in [4.78, 5) is 39.0. The van der Waals surface area contributed by atoms with Crippen molar-refractivity contribution < 1.29 is 9.59 Å². The molecule has 0 unspecified atom stereocenters. The Kier molecular flexibility index (Phi) is 5.34. The zero-order valence-electron chi connectivity index (χ0n) is 18.6. The molecule has 3 aromatic carbocycles. The summed E-state index contributed by atoms with van der Waals surface area (Å²) in [6.07, 6.45) is 3.85. The second-order valence-corrected chi connectivity index (χ2v) is 8.29. The summed E-state index contributed by atoms with van der Waals surface area (Å²) >= 11 is 0. The lowest BCUT2D eigenvalue weighted by atomic mass is 9.89. The molecule has 1 aliphatic rings. The van der Waals surface area contributed by atoms with Crippen LogP contribution in [0.1, 0.15) is 42.2 Å². The van der Waals surface area contributed by atoms with Gasteiger partial charge in [-0.25, -0.2) is 0 Å². The topological polar surface area (TPSA) is 66.4 Å². The predicted octanol–water partition coefficient (Wildman–Crippen LogP) is 5.16. The Bertz CT molecular complexity index is 1330. The van der Waals surface area contributed by atoms with E-state index < -0.39 is 0 Å². The van der Waals surface area contributed by atoms with E-state index in [1.165, 1.54) is 0 Å². The fourth-order valence-electron chi connectivity index (χ4n) is 4.80. The minimum Gasteiger partial charge on any atom is -0.305 e. The number of benzene rings is 3. The van der Waals surface area contributed by atoms with Gasteiger partial charge in [-0.3, -0.25) is 19.6 Å². The second-order valence-electron chi connectivity index (χ2n) is 8.29. The maximum absolute atomic E-state index is 13.8. The van der Waals surface area contributed by atoms with Crippen LogP contribution < -0.4 is 9.80 Å². The normalized spacial score (nSPS) is 17.5. The summed E-state index contributed by atoms with van der Waals surface area (Å²) in [7, 11) is 0. The van der Waals surface area contributed by atoms with E-state index in [-0.39, 0.29) is 23.9 Å². The quantitative estimate of drug-likeness (QED) is 0.445. The van der Waals surface area contributed by atoms with E-state index in [0.717, 1.165) is 16.9 Å². The largest absolute Gasteiger partial charge is 0.305 e. The summed E-state index contributed by atoms with van der Waals surface area (Å²) in [6.45, 7) is 3.62. The highest BCUT2D eigenvalue weighted by Crippen LogP contribution is 2.42. The lowest BCUT2D eigenvalue weighted by Gasteiger charge is -2.43. The average molecular weight is 437 g/mol. The number of para-hydroxylation sites is 3.